The van der Waals surface area contributed by atoms with Crippen molar-refractivity contribution in [2.45, 2.75) is 26.7 Å². The van der Waals surface area contributed by atoms with Gasteiger partial charge in [-0.2, -0.15) is 0 Å². The van der Waals surface area contributed by atoms with Crippen molar-refractivity contribution < 1.29 is 9.69 Å². The van der Waals surface area contributed by atoms with Crippen molar-refractivity contribution in [1.82, 2.24) is 0 Å². The van der Waals surface area contributed by atoms with Crippen LogP contribution in [-0.4, -0.2) is 25.5 Å². The van der Waals surface area contributed by atoms with Gasteiger partial charge in [-0.3, -0.25) is 4.79 Å². The van der Waals surface area contributed by atoms with Crippen molar-refractivity contribution in [3.63, 3.8) is 0 Å². The lowest BCUT2D eigenvalue weighted by molar-refractivity contribution is -0.900. The molecule has 1 heterocycles. The molecule has 1 aliphatic heterocycles. The van der Waals surface area contributed by atoms with E-state index < -0.39 is 0 Å². The van der Waals surface area contributed by atoms with Gasteiger partial charge in [-0.25, -0.2) is 0 Å². The van der Waals surface area contributed by atoms with Crippen LogP contribution in [0, 0.1) is 12.8 Å². The molecular weight excluding hydrogens is 260 g/mol. The van der Waals surface area contributed by atoms with Crippen LogP contribution in [-0.2, 0) is 4.79 Å². The third-order valence-electron chi connectivity index (χ3n) is 3.74. The van der Waals surface area contributed by atoms with E-state index in [0.717, 1.165) is 30.3 Å². The van der Waals surface area contributed by atoms with E-state index in [2.05, 4.69) is 12.2 Å². The molecule has 1 amide bonds. The van der Waals surface area contributed by atoms with Crippen LogP contribution in [0.4, 0.5) is 5.69 Å². The summed E-state index contributed by atoms with van der Waals surface area (Å²) in [4.78, 5) is 13.5. The molecule has 2 N–H and O–H groups in total. The molecular formula is C15H22ClN2O+. The average Bonchev–Trinajstić information content (AvgIpc) is 2.33. The summed E-state index contributed by atoms with van der Waals surface area (Å²) in [6.45, 7) is 6.99. The highest BCUT2D eigenvalue weighted by atomic mass is 35.5. The number of carbonyl (C=O) groups excluding carboxylic acids is 1. The normalized spacial score (nSPS) is 23.1. The first kappa shape index (κ1) is 14.4. The zero-order valence-electron chi connectivity index (χ0n) is 11.6. The summed E-state index contributed by atoms with van der Waals surface area (Å²) in [5.74, 6) is 0.823. The summed E-state index contributed by atoms with van der Waals surface area (Å²) in [6.07, 6.45) is 2.52. The van der Waals surface area contributed by atoms with Gasteiger partial charge in [0, 0.05) is 16.6 Å². The number of hydrogen-bond donors (Lipinski definition) is 2. The van der Waals surface area contributed by atoms with E-state index >= 15 is 0 Å². The molecule has 1 unspecified atom stereocenters. The van der Waals surface area contributed by atoms with E-state index in [1.54, 1.807) is 6.07 Å². The third kappa shape index (κ3) is 4.22. The highest BCUT2D eigenvalue weighted by molar-refractivity contribution is 6.30. The minimum absolute atomic E-state index is 0.0922. The number of aryl methyl sites for hydroxylation is 1. The van der Waals surface area contributed by atoms with Crippen molar-refractivity contribution in [3.8, 4) is 0 Å². The molecule has 1 saturated heterocycles. The van der Waals surface area contributed by atoms with Crippen molar-refractivity contribution in [2.75, 3.05) is 25.0 Å². The fourth-order valence-corrected chi connectivity index (χ4v) is 2.97. The monoisotopic (exact) mass is 281 g/mol. The van der Waals surface area contributed by atoms with Gasteiger partial charge in [0.2, 0.25) is 0 Å². The van der Waals surface area contributed by atoms with Crippen LogP contribution in [0.2, 0.25) is 5.02 Å². The molecule has 1 fully saturated rings. The zero-order chi connectivity index (χ0) is 13.8. The molecule has 19 heavy (non-hydrogen) atoms. The Bertz CT molecular complexity index is 461. The highest BCUT2D eigenvalue weighted by Crippen LogP contribution is 2.19. The minimum atomic E-state index is 0.0922. The first-order valence-corrected chi connectivity index (χ1v) is 7.32. The van der Waals surface area contributed by atoms with Crippen LogP contribution in [0.1, 0.15) is 25.3 Å². The van der Waals surface area contributed by atoms with Crippen LogP contribution in [0.3, 0.4) is 0 Å². The smallest absolute Gasteiger partial charge is 0.279 e. The number of amides is 1. The summed E-state index contributed by atoms with van der Waals surface area (Å²) >= 11 is 5.91. The summed E-state index contributed by atoms with van der Waals surface area (Å²) in [5, 5.41) is 3.68. The van der Waals surface area contributed by atoms with Gasteiger partial charge in [0.15, 0.2) is 6.54 Å². The quantitative estimate of drug-likeness (QED) is 0.872. The van der Waals surface area contributed by atoms with Gasteiger partial charge < -0.3 is 10.2 Å². The summed E-state index contributed by atoms with van der Waals surface area (Å²) in [5.41, 5.74) is 1.86. The number of quaternary nitrogens is 1. The number of hydrogen-bond acceptors (Lipinski definition) is 1. The number of anilines is 1. The molecule has 2 rings (SSSR count). The van der Waals surface area contributed by atoms with Crippen molar-refractivity contribution in [1.29, 1.82) is 0 Å². The molecule has 2 atom stereocenters. The number of rotatable bonds is 3. The summed E-state index contributed by atoms with van der Waals surface area (Å²) in [7, 11) is 0. The van der Waals surface area contributed by atoms with Gasteiger partial charge in [0.25, 0.3) is 5.91 Å². The van der Waals surface area contributed by atoms with Crippen LogP contribution in [0.15, 0.2) is 18.2 Å². The standard InChI is InChI=1S/C15H21ClN2O/c1-11-4-3-7-18(9-11)10-15(19)17-14-6-5-13(16)8-12(14)2/h5-6,8,11H,3-4,7,9-10H2,1-2H3,(H,17,19)/p+1/t11-/m0/s1. The van der Waals surface area contributed by atoms with Crippen LogP contribution in [0.5, 0.6) is 0 Å². The van der Waals surface area contributed by atoms with Crippen molar-refractivity contribution in [2.24, 2.45) is 5.92 Å². The van der Waals surface area contributed by atoms with Gasteiger partial charge in [-0.05, 0) is 43.5 Å². The highest BCUT2D eigenvalue weighted by Gasteiger charge is 2.22. The van der Waals surface area contributed by atoms with E-state index in [1.807, 2.05) is 19.1 Å². The number of carbonyl (C=O) groups is 1. The van der Waals surface area contributed by atoms with E-state index in [9.17, 15) is 4.79 Å². The van der Waals surface area contributed by atoms with E-state index in [1.165, 1.54) is 17.7 Å². The van der Waals surface area contributed by atoms with E-state index in [0.29, 0.717) is 11.6 Å². The number of likely N-dealkylation sites (tertiary alicyclic amines) is 1. The van der Waals surface area contributed by atoms with Crippen LogP contribution in [0.25, 0.3) is 0 Å². The molecule has 3 nitrogen and oxygen atoms in total. The van der Waals surface area contributed by atoms with Crippen molar-refractivity contribution >= 4 is 23.2 Å². The molecule has 1 aliphatic rings. The maximum Gasteiger partial charge on any atom is 0.279 e. The molecule has 0 spiro atoms. The molecule has 0 aromatic heterocycles. The molecule has 104 valence electrons. The Kier molecular flexibility index (Phi) is 4.83. The molecule has 4 heteroatoms. The van der Waals surface area contributed by atoms with Gasteiger partial charge in [0.05, 0.1) is 13.1 Å². The first-order chi connectivity index (χ1) is 9.04. The first-order valence-electron chi connectivity index (χ1n) is 6.94. The SMILES string of the molecule is Cc1cc(Cl)ccc1NC(=O)C[NH+]1CCC[C@H](C)C1. The van der Waals surface area contributed by atoms with Gasteiger partial charge in [-0.1, -0.05) is 18.5 Å². The number of benzene rings is 1. The predicted octanol–water partition coefficient (Wildman–Crippen LogP) is 1.90. The maximum absolute atomic E-state index is 12.1. The fraction of sp³-hybridized carbons (Fsp3) is 0.533. The Labute approximate surface area is 119 Å². The molecule has 1 aromatic rings. The zero-order valence-corrected chi connectivity index (χ0v) is 12.4. The van der Waals surface area contributed by atoms with Crippen molar-refractivity contribution in [3.05, 3.63) is 28.8 Å². The molecule has 0 radical (unpaired) electrons. The Hall–Kier alpha value is -1.06. The Morgan fingerprint density at radius 1 is 1.53 bits per heavy atom. The number of halogens is 1. The maximum atomic E-state index is 12.1. The lowest BCUT2D eigenvalue weighted by Crippen LogP contribution is -3.14. The lowest BCUT2D eigenvalue weighted by atomic mass is 10.0. The van der Waals surface area contributed by atoms with E-state index in [4.69, 9.17) is 11.6 Å². The number of piperidine rings is 1. The Morgan fingerprint density at radius 3 is 3.00 bits per heavy atom. The molecule has 0 aliphatic carbocycles. The second kappa shape index (κ2) is 6.40. The van der Waals surface area contributed by atoms with Gasteiger partial charge >= 0.3 is 0 Å². The van der Waals surface area contributed by atoms with Crippen LogP contribution >= 0.6 is 11.6 Å². The second-order valence-corrected chi connectivity index (χ2v) is 6.07. The summed E-state index contributed by atoms with van der Waals surface area (Å²) < 4.78 is 0. The molecule has 0 bridgehead atoms. The van der Waals surface area contributed by atoms with E-state index in [-0.39, 0.29) is 5.91 Å². The minimum Gasteiger partial charge on any atom is -0.327 e. The molecule has 1 aromatic carbocycles. The Morgan fingerprint density at radius 2 is 2.32 bits per heavy atom. The van der Waals surface area contributed by atoms with Gasteiger partial charge in [-0.15, -0.1) is 0 Å². The second-order valence-electron chi connectivity index (χ2n) is 5.64. The Balaban J connectivity index is 1.90. The topological polar surface area (TPSA) is 33.5 Å². The molecule has 0 saturated carbocycles. The van der Waals surface area contributed by atoms with Crippen LogP contribution < -0.4 is 10.2 Å². The third-order valence-corrected chi connectivity index (χ3v) is 3.97. The predicted molar refractivity (Wildman–Crippen MR) is 78.8 cm³/mol. The average molecular weight is 282 g/mol. The van der Waals surface area contributed by atoms with Gasteiger partial charge in [0.1, 0.15) is 0 Å². The number of nitrogens with one attached hydrogen (secondary N) is 2. The largest absolute Gasteiger partial charge is 0.327 e. The lowest BCUT2D eigenvalue weighted by Gasteiger charge is -2.27. The fourth-order valence-electron chi connectivity index (χ4n) is 2.75. The summed E-state index contributed by atoms with van der Waals surface area (Å²) in [6, 6.07) is 5.54.